The molecule has 0 aliphatic carbocycles. The molecule has 0 amide bonds. The summed E-state index contributed by atoms with van der Waals surface area (Å²) in [6, 6.07) is 0. The molecule has 0 spiro atoms. The smallest absolute Gasteiger partial charge is 0.235 e. The Hall–Kier alpha value is -1.36. The first-order valence-electron chi connectivity index (χ1n) is 6.17. The van der Waals surface area contributed by atoms with Gasteiger partial charge in [-0.25, -0.2) is 0 Å². The summed E-state index contributed by atoms with van der Waals surface area (Å²) in [6.45, 7) is 5.39. The van der Waals surface area contributed by atoms with E-state index in [1.807, 2.05) is 6.92 Å². The average Bonchev–Trinajstić information content (AvgIpc) is 2.39. The first kappa shape index (κ1) is 12.1. The molecule has 0 radical (unpaired) electrons. The van der Waals surface area contributed by atoms with Crippen LogP contribution in [0.15, 0.2) is 12.4 Å². The number of aromatic nitrogens is 2. The zero-order valence-electron chi connectivity index (χ0n) is 10.2. The molecule has 1 aliphatic rings. The molecule has 0 saturated carbocycles. The molecule has 0 aromatic carbocycles. The minimum Gasteiger partial charge on any atom is -0.477 e. The molecule has 0 unspecified atom stereocenters. The first-order chi connectivity index (χ1) is 8.38. The van der Waals surface area contributed by atoms with Crippen molar-refractivity contribution in [3.05, 3.63) is 12.4 Å². The van der Waals surface area contributed by atoms with Gasteiger partial charge in [-0.1, -0.05) is 0 Å². The number of nitrogens with one attached hydrogen (secondary N) is 1. The largest absolute Gasteiger partial charge is 0.477 e. The van der Waals surface area contributed by atoms with Crippen LogP contribution in [0.4, 0.5) is 0 Å². The van der Waals surface area contributed by atoms with Crippen LogP contribution in [0.3, 0.4) is 0 Å². The number of rotatable bonds is 5. The highest BCUT2D eigenvalue weighted by atomic mass is 16.5. The zero-order valence-corrected chi connectivity index (χ0v) is 10.2. The number of hydrogen-bond donors (Lipinski definition) is 1. The van der Waals surface area contributed by atoms with Crippen molar-refractivity contribution in [3.8, 4) is 11.8 Å². The van der Waals surface area contributed by atoms with E-state index in [9.17, 15) is 0 Å². The van der Waals surface area contributed by atoms with Gasteiger partial charge in [-0.2, -0.15) is 4.98 Å². The van der Waals surface area contributed by atoms with Gasteiger partial charge >= 0.3 is 0 Å². The van der Waals surface area contributed by atoms with Gasteiger partial charge in [-0.3, -0.25) is 4.98 Å². The van der Waals surface area contributed by atoms with Crippen LogP contribution in [0.5, 0.6) is 11.8 Å². The molecule has 0 atom stereocenters. The number of nitrogens with zero attached hydrogens (tertiary/aromatic N) is 2. The Balaban J connectivity index is 1.83. The van der Waals surface area contributed by atoms with Gasteiger partial charge in [0.05, 0.1) is 25.6 Å². The third-order valence-electron chi connectivity index (χ3n) is 2.81. The summed E-state index contributed by atoms with van der Waals surface area (Å²) in [7, 11) is 0. The fourth-order valence-electron chi connectivity index (χ4n) is 1.87. The summed E-state index contributed by atoms with van der Waals surface area (Å²) in [6.07, 6.45) is 5.56. The monoisotopic (exact) mass is 237 g/mol. The minimum absolute atomic E-state index is 0.523. The molecule has 17 heavy (non-hydrogen) atoms. The molecule has 1 aliphatic heterocycles. The van der Waals surface area contributed by atoms with Crippen molar-refractivity contribution in [2.45, 2.75) is 19.8 Å². The Labute approximate surface area is 102 Å². The summed E-state index contributed by atoms with van der Waals surface area (Å²) < 4.78 is 10.9. The molecule has 1 N–H and O–H groups in total. The summed E-state index contributed by atoms with van der Waals surface area (Å²) in [5.74, 6) is 1.69. The Morgan fingerprint density at radius 1 is 1.24 bits per heavy atom. The highest BCUT2D eigenvalue weighted by molar-refractivity contribution is 5.12. The van der Waals surface area contributed by atoms with Crippen LogP contribution in [0.25, 0.3) is 0 Å². The lowest BCUT2D eigenvalue weighted by Crippen LogP contribution is -2.30. The Bertz CT molecular complexity index is 340. The summed E-state index contributed by atoms with van der Waals surface area (Å²) >= 11 is 0. The van der Waals surface area contributed by atoms with Gasteiger partial charge in [0.2, 0.25) is 11.8 Å². The van der Waals surface area contributed by atoms with Crippen LogP contribution in [0.2, 0.25) is 0 Å². The van der Waals surface area contributed by atoms with E-state index < -0.39 is 0 Å². The molecule has 2 heterocycles. The Morgan fingerprint density at radius 3 is 2.65 bits per heavy atom. The molecular formula is C12H19N3O2. The van der Waals surface area contributed by atoms with E-state index in [0.717, 1.165) is 13.1 Å². The molecule has 1 fully saturated rings. The molecule has 1 saturated heterocycles. The number of hydrogen-bond acceptors (Lipinski definition) is 5. The van der Waals surface area contributed by atoms with Gasteiger partial charge in [0.1, 0.15) is 0 Å². The second kappa shape index (κ2) is 6.39. The maximum Gasteiger partial charge on any atom is 0.235 e. The highest BCUT2D eigenvalue weighted by Gasteiger charge is 2.14. The summed E-state index contributed by atoms with van der Waals surface area (Å²) in [5.41, 5.74) is 0. The van der Waals surface area contributed by atoms with Crippen molar-refractivity contribution in [2.24, 2.45) is 5.92 Å². The fraction of sp³-hybridized carbons (Fsp3) is 0.667. The second-order valence-electron chi connectivity index (χ2n) is 4.13. The third-order valence-corrected chi connectivity index (χ3v) is 2.81. The van der Waals surface area contributed by atoms with Crippen LogP contribution in [0, 0.1) is 5.92 Å². The van der Waals surface area contributed by atoms with Gasteiger partial charge in [0.15, 0.2) is 0 Å². The zero-order chi connectivity index (χ0) is 11.9. The van der Waals surface area contributed by atoms with Crippen molar-refractivity contribution in [2.75, 3.05) is 26.3 Å². The molecule has 0 bridgehead atoms. The lowest BCUT2D eigenvalue weighted by molar-refractivity contribution is 0.205. The van der Waals surface area contributed by atoms with Crippen molar-refractivity contribution in [3.63, 3.8) is 0 Å². The van der Waals surface area contributed by atoms with Crippen LogP contribution < -0.4 is 14.8 Å². The van der Waals surface area contributed by atoms with Crippen LogP contribution in [-0.4, -0.2) is 36.3 Å². The molecular weight excluding hydrogens is 218 g/mol. The van der Waals surface area contributed by atoms with Crippen molar-refractivity contribution in [1.82, 2.24) is 15.3 Å². The van der Waals surface area contributed by atoms with E-state index in [0.29, 0.717) is 30.9 Å². The standard InChI is InChI=1S/C12H19N3O2/c1-2-16-11-7-14-8-12(15-11)17-9-10-3-5-13-6-4-10/h7-8,10,13H,2-6,9H2,1H3. The molecule has 5 nitrogen and oxygen atoms in total. The molecule has 2 rings (SSSR count). The minimum atomic E-state index is 0.523. The lowest BCUT2D eigenvalue weighted by atomic mass is 9.99. The first-order valence-corrected chi connectivity index (χ1v) is 6.17. The highest BCUT2D eigenvalue weighted by Crippen LogP contribution is 2.15. The Morgan fingerprint density at radius 2 is 1.94 bits per heavy atom. The van der Waals surface area contributed by atoms with Crippen molar-refractivity contribution in [1.29, 1.82) is 0 Å². The normalized spacial score (nSPS) is 16.8. The second-order valence-corrected chi connectivity index (χ2v) is 4.13. The van der Waals surface area contributed by atoms with Gasteiger partial charge in [0.25, 0.3) is 0 Å². The van der Waals surface area contributed by atoms with Gasteiger partial charge in [0, 0.05) is 0 Å². The average molecular weight is 237 g/mol. The summed E-state index contributed by atoms with van der Waals surface area (Å²) in [5, 5.41) is 3.34. The predicted octanol–water partition coefficient (Wildman–Crippen LogP) is 1.25. The van der Waals surface area contributed by atoms with Crippen molar-refractivity contribution >= 4 is 0 Å². The maximum absolute atomic E-state index is 5.65. The topological polar surface area (TPSA) is 56.3 Å². The molecule has 94 valence electrons. The Kier molecular flexibility index (Phi) is 4.55. The predicted molar refractivity (Wildman–Crippen MR) is 64.3 cm³/mol. The van der Waals surface area contributed by atoms with Gasteiger partial charge in [-0.05, 0) is 38.8 Å². The third kappa shape index (κ3) is 3.85. The fourth-order valence-corrected chi connectivity index (χ4v) is 1.87. The molecule has 5 heteroatoms. The summed E-state index contributed by atoms with van der Waals surface area (Å²) in [4.78, 5) is 8.27. The van der Waals surface area contributed by atoms with E-state index in [-0.39, 0.29) is 0 Å². The van der Waals surface area contributed by atoms with E-state index in [1.54, 1.807) is 12.4 Å². The van der Waals surface area contributed by atoms with E-state index in [1.165, 1.54) is 12.8 Å². The molecule has 1 aromatic heterocycles. The van der Waals surface area contributed by atoms with Gasteiger partial charge in [-0.15, -0.1) is 0 Å². The quantitative estimate of drug-likeness (QED) is 0.835. The van der Waals surface area contributed by atoms with Crippen LogP contribution in [-0.2, 0) is 0 Å². The molecule has 1 aromatic rings. The SMILES string of the molecule is CCOc1cncc(OCC2CCNCC2)n1. The van der Waals surface area contributed by atoms with Crippen molar-refractivity contribution < 1.29 is 9.47 Å². The number of ether oxygens (including phenoxy) is 2. The maximum atomic E-state index is 5.65. The van der Waals surface area contributed by atoms with E-state index >= 15 is 0 Å². The van der Waals surface area contributed by atoms with E-state index in [4.69, 9.17) is 9.47 Å². The lowest BCUT2D eigenvalue weighted by Gasteiger charge is -2.22. The number of piperidine rings is 1. The van der Waals surface area contributed by atoms with Gasteiger partial charge < -0.3 is 14.8 Å². The van der Waals surface area contributed by atoms with Crippen LogP contribution >= 0.6 is 0 Å². The van der Waals surface area contributed by atoms with Crippen LogP contribution in [0.1, 0.15) is 19.8 Å². The van der Waals surface area contributed by atoms with E-state index in [2.05, 4.69) is 15.3 Å².